The summed E-state index contributed by atoms with van der Waals surface area (Å²) in [5.41, 5.74) is 2.25. The van der Waals surface area contributed by atoms with E-state index >= 15 is 0 Å². The van der Waals surface area contributed by atoms with Crippen LogP contribution in [-0.4, -0.2) is 11.4 Å². The van der Waals surface area contributed by atoms with Gasteiger partial charge in [0.15, 0.2) is 0 Å². The van der Waals surface area contributed by atoms with Crippen molar-refractivity contribution in [2.45, 2.75) is 32.2 Å². The lowest BCUT2D eigenvalue weighted by Gasteiger charge is -2.12. The monoisotopic (exact) mass is 210 g/mol. The molecule has 0 amide bonds. The zero-order valence-corrected chi connectivity index (χ0v) is 9.81. The molecule has 1 aromatic carbocycles. The van der Waals surface area contributed by atoms with Gasteiger partial charge in [0.25, 0.3) is 0 Å². The molecule has 0 heterocycles. The Kier molecular flexibility index (Phi) is 4.14. The van der Waals surface area contributed by atoms with Crippen LogP contribution < -0.4 is 10.6 Å². The van der Waals surface area contributed by atoms with Crippen LogP contribution in [0.1, 0.15) is 20.8 Å². The van der Waals surface area contributed by atoms with Gasteiger partial charge in [-0.2, -0.15) is 12.6 Å². The van der Waals surface area contributed by atoms with Crippen molar-refractivity contribution in [2.75, 3.05) is 10.6 Å². The summed E-state index contributed by atoms with van der Waals surface area (Å²) in [6.07, 6.45) is 0. The van der Waals surface area contributed by atoms with E-state index in [4.69, 9.17) is 0 Å². The third kappa shape index (κ3) is 3.92. The Morgan fingerprint density at radius 2 is 1.36 bits per heavy atom. The summed E-state index contributed by atoms with van der Waals surface area (Å²) in [5, 5.41) is 6.74. The molecule has 0 bridgehead atoms. The molecule has 0 aliphatic heterocycles. The van der Waals surface area contributed by atoms with Gasteiger partial charge in [-0.15, -0.1) is 0 Å². The molecule has 0 fully saturated rings. The minimum Gasteiger partial charge on any atom is -0.383 e. The molecule has 0 aliphatic rings. The molecule has 0 saturated carbocycles. The van der Waals surface area contributed by atoms with Gasteiger partial charge in [-0.1, -0.05) is 0 Å². The summed E-state index contributed by atoms with van der Waals surface area (Å²) in [7, 11) is 0. The Hall–Kier alpha value is -0.830. The first-order valence-corrected chi connectivity index (χ1v) is 5.41. The van der Waals surface area contributed by atoms with Gasteiger partial charge in [-0.05, 0) is 45.0 Å². The lowest BCUT2D eigenvalue weighted by Crippen LogP contribution is -2.10. The van der Waals surface area contributed by atoms with Crippen LogP contribution in [0.5, 0.6) is 0 Å². The van der Waals surface area contributed by atoms with E-state index in [9.17, 15) is 0 Å². The third-order valence-electron chi connectivity index (χ3n) is 1.72. The summed E-state index contributed by atoms with van der Waals surface area (Å²) in [5.74, 6) is 0. The largest absolute Gasteiger partial charge is 0.383 e. The topological polar surface area (TPSA) is 24.1 Å². The first-order chi connectivity index (χ1) is 6.58. The van der Waals surface area contributed by atoms with E-state index in [1.165, 1.54) is 0 Å². The number of hydrogen-bond acceptors (Lipinski definition) is 3. The lowest BCUT2D eigenvalue weighted by molar-refractivity contribution is 0.900. The average molecular weight is 210 g/mol. The van der Waals surface area contributed by atoms with Gasteiger partial charge in [0.2, 0.25) is 0 Å². The minimum absolute atomic E-state index is 0.180. The van der Waals surface area contributed by atoms with Crippen LogP contribution in [0.4, 0.5) is 11.4 Å². The van der Waals surface area contributed by atoms with E-state index in [0.29, 0.717) is 6.04 Å². The van der Waals surface area contributed by atoms with Crippen molar-refractivity contribution in [1.29, 1.82) is 0 Å². The van der Waals surface area contributed by atoms with Gasteiger partial charge in [-0.3, -0.25) is 0 Å². The quantitative estimate of drug-likeness (QED) is 0.525. The van der Waals surface area contributed by atoms with Crippen molar-refractivity contribution in [1.82, 2.24) is 0 Å². The molecule has 78 valence electrons. The van der Waals surface area contributed by atoms with E-state index < -0.39 is 0 Å². The maximum Gasteiger partial charge on any atom is 0.0664 e. The Labute approximate surface area is 91.5 Å². The highest BCUT2D eigenvalue weighted by atomic mass is 32.1. The molecule has 2 N–H and O–H groups in total. The highest BCUT2D eigenvalue weighted by Crippen LogP contribution is 2.15. The van der Waals surface area contributed by atoms with Gasteiger partial charge in [0.1, 0.15) is 0 Å². The average Bonchev–Trinajstić information content (AvgIpc) is 2.06. The van der Waals surface area contributed by atoms with Crippen LogP contribution in [0, 0.1) is 0 Å². The molecule has 1 rings (SSSR count). The van der Waals surface area contributed by atoms with Crippen molar-refractivity contribution < 1.29 is 0 Å². The van der Waals surface area contributed by atoms with Crippen molar-refractivity contribution in [3.8, 4) is 0 Å². The molecule has 1 unspecified atom stereocenters. The number of anilines is 2. The fraction of sp³-hybridized carbons (Fsp3) is 0.455. The summed E-state index contributed by atoms with van der Waals surface area (Å²) >= 11 is 4.26. The van der Waals surface area contributed by atoms with Gasteiger partial charge in [0, 0.05) is 17.4 Å². The smallest absolute Gasteiger partial charge is 0.0664 e. The van der Waals surface area contributed by atoms with E-state index in [1.54, 1.807) is 0 Å². The summed E-state index contributed by atoms with van der Waals surface area (Å²) in [6, 6.07) is 8.71. The summed E-state index contributed by atoms with van der Waals surface area (Å²) in [6.45, 7) is 6.26. The fourth-order valence-corrected chi connectivity index (χ4v) is 1.39. The molecule has 0 aromatic heterocycles. The summed E-state index contributed by atoms with van der Waals surface area (Å²) < 4.78 is 0. The molecule has 0 radical (unpaired) electrons. The van der Waals surface area contributed by atoms with Crippen molar-refractivity contribution >= 4 is 24.0 Å². The zero-order valence-electron chi connectivity index (χ0n) is 8.91. The first-order valence-electron chi connectivity index (χ1n) is 4.89. The fourth-order valence-electron chi connectivity index (χ4n) is 1.24. The number of rotatable bonds is 4. The zero-order chi connectivity index (χ0) is 10.6. The van der Waals surface area contributed by atoms with E-state index in [2.05, 4.69) is 61.4 Å². The van der Waals surface area contributed by atoms with Crippen LogP contribution in [0.25, 0.3) is 0 Å². The minimum atomic E-state index is 0.180. The SMILES string of the molecule is CC(C)Nc1ccc(NC(C)S)cc1. The standard InChI is InChI=1S/C11H18N2S/c1-8(2)12-10-4-6-11(7-5-10)13-9(3)14/h4-9,12-14H,1-3H3. The van der Waals surface area contributed by atoms with Gasteiger partial charge < -0.3 is 10.6 Å². The molecule has 0 spiro atoms. The molecular weight excluding hydrogens is 192 g/mol. The Balaban J connectivity index is 2.59. The molecule has 0 aliphatic carbocycles. The van der Waals surface area contributed by atoms with E-state index in [0.717, 1.165) is 11.4 Å². The molecule has 1 atom stereocenters. The predicted octanol–water partition coefficient (Wildman–Crippen LogP) is 3.19. The second-order valence-electron chi connectivity index (χ2n) is 3.70. The number of thiol groups is 1. The normalized spacial score (nSPS) is 12.6. The van der Waals surface area contributed by atoms with Gasteiger partial charge >= 0.3 is 0 Å². The van der Waals surface area contributed by atoms with Gasteiger partial charge in [-0.25, -0.2) is 0 Å². The third-order valence-corrected chi connectivity index (χ3v) is 1.84. The molecule has 14 heavy (non-hydrogen) atoms. The second kappa shape index (κ2) is 5.15. The van der Waals surface area contributed by atoms with Crippen molar-refractivity contribution in [3.05, 3.63) is 24.3 Å². The first kappa shape index (κ1) is 11.2. The predicted molar refractivity (Wildman–Crippen MR) is 67.3 cm³/mol. The highest BCUT2D eigenvalue weighted by Gasteiger charge is 1.97. The van der Waals surface area contributed by atoms with Crippen molar-refractivity contribution in [3.63, 3.8) is 0 Å². The van der Waals surface area contributed by atoms with Gasteiger partial charge in [0.05, 0.1) is 5.37 Å². The Morgan fingerprint density at radius 1 is 0.929 bits per heavy atom. The van der Waals surface area contributed by atoms with E-state index in [1.807, 2.05) is 6.92 Å². The molecule has 2 nitrogen and oxygen atoms in total. The second-order valence-corrected chi connectivity index (χ2v) is 4.47. The molecule has 1 aromatic rings. The maximum absolute atomic E-state index is 4.26. The Morgan fingerprint density at radius 3 is 1.71 bits per heavy atom. The molecule has 0 saturated heterocycles. The van der Waals surface area contributed by atoms with Crippen LogP contribution >= 0.6 is 12.6 Å². The number of nitrogens with one attached hydrogen (secondary N) is 2. The maximum atomic E-state index is 4.26. The Bertz CT molecular complexity index is 238. The van der Waals surface area contributed by atoms with Crippen LogP contribution in [-0.2, 0) is 0 Å². The number of benzene rings is 1. The van der Waals surface area contributed by atoms with Crippen molar-refractivity contribution in [2.24, 2.45) is 0 Å². The van der Waals surface area contributed by atoms with Crippen LogP contribution in [0.3, 0.4) is 0 Å². The lowest BCUT2D eigenvalue weighted by atomic mass is 10.2. The molecule has 3 heteroatoms. The highest BCUT2D eigenvalue weighted by molar-refractivity contribution is 7.81. The molecular formula is C11H18N2S. The van der Waals surface area contributed by atoms with E-state index in [-0.39, 0.29) is 5.37 Å². The summed E-state index contributed by atoms with van der Waals surface area (Å²) in [4.78, 5) is 0. The van der Waals surface area contributed by atoms with Crippen LogP contribution in [0.2, 0.25) is 0 Å². The van der Waals surface area contributed by atoms with Crippen LogP contribution in [0.15, 0.2) is 24.3 Å². The number of hydrogen-bond donors (Lipinski definition) is 3.